The highest BCUT2D eigenvalue weighted by Crippen LogP contribution is 2.22. The molecule has 0 bridgehead atoms. The zero-order valence-electron chi connectivity index (χ0n) is 20.6. The fourth-order valence-corrected chi connectivity index (χ4v) is 4.10. The number of unbranched alkanes of at least 4 members (excludes halogenated alkanes) is 3. The van der Waals surface area contributed by atoms with E-state index in [-0.39, 0.29) is 11.3 Å². The average Bonchev–Trinajstić information content (AvgIpc) is 2.80. The van der Waals surface area contributed by atoms with Gasteiger partial charge in [0.2, 0.25) is 0 Å². The van der Waals surface area contributed by atoms with Gasteiger partial charge in [0.05, 0.1) is 5.39 Å². The smallest absolute Gasteiger partial charge is 0.360 e. The number of carbonyl (C=O) groups excluding carboxylic acids is 2. The number of nitrogens with zero attached hydrogens (tertiary/aromatic N) is 2. The van der Waals surface area contributed by atoms with E-state index in [9.17, 15) is 14.4 Å². The van der Waals surface area contributed by atoms with Gasteiger partial charge in [0, 0.05) is 17.6 Å². The number of amides is 1. The van der Waals surface area contributed by atoms with Crippen LogP contribution in [0.15, 0.2) is 41.2 Å². The van der Waals surface area contributed by atoms with Gasteiger partial charge in [-0.3, -0.25) is 9.59 Å². The topological polar surface area (TPSA) is 90.3 Å². The molecule has 1 aromatic heterocycles. The van der Waals surface area contributed by atoms with Crippen LogP contribution in [0.5, 0.6) is 0 Å². The maximum Gasteiger partial charge on any atom is 0.360 e. The maximum atomic E-state index is 13.1. The van der Waals surface area contributed by atoms with Crippen molar-refractivity contribution in [3.63, 3.8) is 0 Å². The Balaban J connectivity index is 1.82. The maximum absolute atomic E-state index is 13.1. The second-order valence-corrected chi connectivity index (χ2v) is 8.79. The highest BCUT2D eigenvalue weighted by molar-refractivity contribution is 6.04. The van der Waals surface area contributed by atoms with Gasteiger partial charge in [0.25, 0.3) is 11.5 Å². The Morgan fingerprint density at radius 3 is 2.32 bits per heavy atom. The van der Waals surface area contributed by atoms with Crippen molar-refractivity contribution in [2.75, 3.05) is 5.32 Å². The monoisotopic (exact) mass is 463 g/mol. The molecule has 7 heteroatoms. The van der Waals surface area contributed by atoms with Crippen LogP contribution < -0.4 is 10.9 Å². The predicted octanol–water partition coefficient (Wildman–Crippen LogP) is 5.09. The van der Waals surface area contributed by atoms with Crippen molar-refractivity contribution < 1.29 is 14.3 Å². The molecule has 0 aliphatic heterocycles. The minimum absolute atomic E-state index is 0.0352. The number of aromatic nitrogens is 2. The van der Waals surface area contributed by atoms with Gasteiger partial charge in [-0.05, 0) is 51.3 Å². The number of nitrogens with one attached hydrogen (secondary N) is 1. The lowest BCUT2D eigenvalue weighted by Gasteiger charge is -2.17. The number of ether oxygens (including phenoxy) is 1. The van der Waals surface area contributed by atoms with Crippen molar-refractivity contribution in [2.24, 2.45) is 0 Å². The van der Waals surface area contributed by atoms with E-state index >= 15 is 0 Å². The van der Waals surface area contributed by atoms with Gasteiger partial charge >= 0.3 is 5.97 Å². The van der Waals surface area contributed by atoms with E-state index in [0.717, 1.165) is 42.4 Å². The third-order valence-corrected chi connectivity index (χ3v) is 5.86. The Hall–Kier alpha value is -3.48. The van der Waals surface area contributed by atoms with Gasteiger partial charge in [-0.2, -0.15) is 5.10 Å². The third kappa shape index (κ3) is 5.71. The molecule has 180 valence electrons. The van der Waals surface area contributed by atoms with Crippen molar-refractivity contribution in [3.05, 3.63) is 69.1 Å². The summed E-state index contributed by atoms with van der Waals surface area (Å²) in [6.07, 6.45) is 2.88. The molecule has 1 heterocycles. The summed E-state index contributed by atoms with van der Waals surface area (Å²) in [5.41, 5.74) is 3.49. The summed E-state index contributed by atoms with van der Waals surface area (Å²) >= 11 is 0. The number of rotatable bonds is 9. The molecule has 3 aromatic rings. The van der Waals surface area contributed by atoms with Crippen LogP contribution in [0.1, 0.15) is 66.7 Å². The SMILES string of the molecule is CCCCCCn1nc(C(=O)OC(C)C(=O)Nc2c(C)cc(C)cc2C)c2ccccc2c1=O. The number of esters is 1. The fourth-order valence-electron chi connectivity index (χ4n) is 4.10. The molecular formula is C27H33N3O4. The zero-order chi connectivity index (χ0) is 24.8. The fraction of sp³-hybridized carbons (Fsp3) is 0.407. The minimum Gasteiger partial charge on any atom is -0.448 e. The van der Waals surface area contributed by atoms with E-state index in [1.165, 1.54) is 11.6 Å². The Morgan fingerprint density at radius 2 is 1.68 bits per heavy atom. The highest BCUT2D eigenvalue weighted by atomic mass is 16.5. The third-order valence-electron chi connectivity index (χ3n) is 5.86. The van der Waals surface area contributed by atoms with Crippen LogP contribution in [-0.2, 0) is 16.1 Å². The molecule has 1 N–H and O–H groups in total. The first-order valence-corrected chi connectivity index (χ1v) is 11.8. The number of carbonyl (C=O) groups is 2. The molecule has 0 fully saturated rings. The summed E-state index contributed by atoms with van der Waals surface area (Å²) in [5, 5.41) is 8.02. The second-order valence-electron chi connectivity index (χ2n) is 8.79. The summed E-state index contributed by atoms with van der Waals surface area (Å²) in [5.74, 6) is -1.17. The van der Waals surface area contributed by atoms with E-state index < -0.39 is 18.0 Å². The molecule has 3 rings (SSSR count). The van der Waals surface area contributed by atoms with Crippen LogP contribution in [0.4, 0.5) is 5.69 Å². The number of hydrogen-bond donors (Lipinski definition) is 1. The zero-order valence-corrected chi connectivity index (χ0v) is 20.6. The van der Waals surface area contributed by atoms with Crippen LogP contribution in [0.2, 0.25) is 0 Å². The van der Waals surface area contributed by atoms with E-state index in [2.05, 4.69) is 17.3 Å². The molecule has 0 aliphatic carbocycles. The lowest BCUT2D eigenvalue weighted by molar-refractivity contribution is -0.123. The summed E-state index contributed by atoms with van der Waals surface area (Å²) in [6.45, 7) is 9.91. The molecule has 0 aliphatic rings. The Labute approximate surface area is 200 Å². The number of hydrogen-bond acceptors (Lipinski definition) is 5. The van der Waals surface area contributed by atoms with Crippen LogP contribution in [-0.4, -0.2) is 27.8 Å². The van der Waals surface area contributed by atoms with Crippen molar-refractivity contribution in [3.8, 4) is 0 Å². The van der Waals surface area contributed by atoms with Gasteiger partial charge in [0.15, 0.2) is 11.8 Å². The number of aryl methyl sites for hydroxylation is 4. The highest BCUT2D eigenvalue weighted by Gasteiger charge is 2.24. The number of anilines is 1. The van der Waals surface area contributed by atoms with Crippen LogP contribution in [0.25, 0.3) is 10.8 Å². The number of benzene rings is 2. The molecule has 7 nitrogen and oxygen atoms in total. The lowest BCUT2D eigenvalue weighted by Crippen LogP contribution is -2.32. The molecule has 1 unspecified atom stereocenters. The van der Waals surface area contributed by atoms with Crippen molar-refractivity contribution in [2.45, 2.75) is 73.0 Å². The molecule has 1 amide bonds. The van der Waals surface area contributed by atoms with E-state index in [0.29, 0.717) is 23.0 Å². The quantitative estimate of drug-likeness (QED) is 0.353. The molecule has 34 heavy (non-hydrogen) atoms. The first-order chi connectivity index (χ1) is 16.2. The first kappa shape index (κ1) is 25.1. The summed E-state index contributed by atoms with van der Waals surface area (Å²) in [4.78, 5) is 38.7. The Morgan fingerprint density at radius 1 is 1.03 bits per heavy atom. The minimum atomic E-state index is -1.04. The molecule has 1 atom stereocenters. The van der Waals surface area contributed by atoms with Gasteiger partial charge in [-0.1, -0.05) is 62.1 Å². The molecule has 2 aromatic carbocycles. The lowest BCUT2D eigenvalue weighted by atomic mass is 10.0. The van der Waals surface area contributed by atoms with Crippen molar-refractivity contribution >= 4 is 28.3 Å². The Kier molecular flexibility index (Phi) is 8.21. The average molecular weight is 464 g/mol. The largest absolute Gasteiger partial charge is 0.448 e. The Bertz CT molecular complexity index is 1240. The van der Waals surface area contributed by atoms with E-state index in [1.54, 1.807) is 24.3 Å². The van der Waals surface area contributed by atoms with Crippen LogP contribution in [0, 0.1) is 20.8 Å². The molecule has 0 radical (unpaired) electrons. The summed E-state index contributed by atoms with van der Waals surface area (Å²) < 4.78 is 6.82. The van der Waals surface area contributed by atoms with E-state index in [4.69, 9.17) is 4.74 Å². The number of fused-ring (bicyclic) bond motifs is 1. The van der Waals surface area contributed by atoms with Gasteiger partial charge in [0.1, 0.15) is 0 Å². The standard InChI is InChI=1S/C27H33N3O4/c1-6-7-8-11-14-30-26(32)22-13-10-9-12-21(22)24(29-30)27(33)34-20(5)25(31)28-23-18(3)15-17(2)16-19(23)4/h9-10,12-13,15-16,20H,6-8,11,14H2,1-5H3,(H,28,31). The molecule has 0 saturated carbocycles. The predicted molar refractivity (Wildman–Crippen MR) is 134 cm³/mol. The summed E-state index contributed by atoms with van der Waals surface area (Å²) in [6, 6.07) is 10.8. The van der Waals surface area contributed by atoms with Crippen LogP contribution >= 0.6 is 0 Å². The molecule has 0 spiro atoms. The normalized spacial score (nSPS) is 11.9. The van der Waals surface area contributed by atoms with Gasteiger partial charge in [-0.25, -0.2) is 9.48 Å². The first-order valence-electron chi connectivity index (χ1n) is 11.8. The molecular weight excluding hydrogens is 430 g/mol. The second kappa shape index (κ2) is 11.1. The summed E-state index contributed by atoms with van der Waals surface area (Å²) in [7, 11) is 0. The van der Waals surface area contributed by atoms with Gasteiger partial charge in [-0.15, -0.1) is 0 Å². The molecule has 0 saturated heterocycles. The van der Waals surface area contributed by atoms with Gasteiger partial charge < -0.3 is 10.1 Å². The van der Waals surface area contributed by atoms with E-state index in [1.807, 2.05) is 32.9 Å². The van der Waals surface area contributed by atoms with Crippen molar-refractivity contribution in [1.82, 2.24) is 9.78 Å². The van der Waals surface area contributed by atoms with Crippen molar-refractivity contribution in [1.29, 1.82) is 0 Å². The van der Waals surface area contributed by atoms with Crippen LogP contribution in [0.3, 0.4) is 0 Å².